The van der Waals surface area contributed by atoms with E-state index in [2.05, 4.69) is 10.6 Å². The Labute approximate surface area is 134 Å². The molecule has 0 fully saturated rings. The van der Waals surface area contributed by atoms with Crippen molar-refractivity contribution in [2.45, 2.75) is 12.5 Å². The molecule has 0 bridgehead atoms. The molecule has 0 radical (unpaired) electrons. The second kappa shape index (κ2) is 8.75. The third kappa shape index (κ3) is 5.27. The monoisotopic (exact) mass is 316 g/mol. The SMILES string of the molecule is COC(CNC(=O)C(=O)NCCc1ccccc1)c1ccco1. The Bertz CT molecular complexity index is 611. The summed E-state index contributed by atoms with van der Waals surface area (Å²) in [4.78, 5) is 23.5. The highest BCUT2D eigenvalue weighted by Gasteiger charge is 2.18. The molecule has 0 saturated carbocycles. The number of ether oxygens (including phenoxy) is 1. The zero-order chi connectivity index (χ0) is 16.5. The standard InChI is InChI=1S/C17H20N2O4/c1-22-15(14-8-5-11-23-14)12-19-17(21)16(20)18-10-9-13-6-3-2-4-7-13/h2-8,11,15H,9-10,12H2,1H3,(H,18,20)(H,19,21). The van der Waals surface area contributed by atoms with Crippen LogP contribution in [0.3, 0.4) is 0 Å². The summed E-state index contributed by atoms with van der Waals surface area (Å²) < 4.78 is 10.4. The molecule has 1 unspecified atom stereocenters. The maximum atomic E-state index is 11.8. The molecule has 2 rings (SSSR count). The molecule has 6 nitrogen and oxygen atoms in total. The first-order valence-corrected chi connectivity index (χ1v) is 7.37. The molecule has 0 saturated heterocycles. The molecule has 0 aliphatic rings. The maximum Gasteiger partial charge on any atom is 0.309 e. The van der Waals surface area contributed by atoms with E-state index >= 15 is 0 Å². The number of rotatable bonds is 7. The smallest absolute Gasteiger partial charge is 0.309 e. The van der Waals surface area contributed by atoms with Crippen LogP contribution in [0.15, 0.2) is 53.1 Å². The number of hydrogen-bond donors (Lipinski definition) is 2. The Morgan fingerprint density at radius 3 is 2.48 bits per heavy atom. The average Bonchev–Trinajstić information content (AvgIpc) is 3.10. The Morgan fingerprint density at radius 1 is 1.09 bits per heavy atom. The van der Waals surface area contributed by atoms with Crippen molar-refractivity contribution in [3.8, 4) is 0 Å². The van der Waals surface area contributed by atoms with Crippen LogP contribution in [-0.4, -0.2) is 32.0 Å². The highest BCUT2D eigenvalue weighted by Crippen LogP contribution is 2.15. The van der Waals surface area contributed by atoms with Crippen LogP contribution in [0.1, 0.15) is 17.4 Å². The van der Waals surface area contributed by atoms with Gasteiger partial charge in [-0.05, 0) is 24.1 Å². The zero-order valence-corrected chi connectivity index (χ0v) is 13.0. The summed E-state index contributed by atoms with van der Waals surface area (Å²) in [6, 6.07) is 13.2. The lowest BCUT2D eigenvalue weighted by Gasteiger charge is -2.13. The van der Waals surface area contributed by atoms with Gasteiger partial charge in [-0.15, -0.1) is 0 Å². The number of furan rings is 1. The Hall–Kier alpha value is -2.60. The van der Waals surface area contributed by atoms with Gasteiger partial charge in [-0.1, -0.05) is 30.3 Å². The van der Waals surface area contributed by atoms with E-state index < -0.39 is 17.9 Å². The molecule has 2 N–H and O–H groups in total. The van der Waals surface area contributed by atoms with Crippen LogP contribution in [0.4, 0.5) is 0 Å². The molecule has 1 aromatic carbocycles. The van der Waals surface area contributed by atoms with Gasteiger partial charge in [-0.2, -0.15) is 0 Å². The molecule has 122 valence electrons. The van der Waals surface area contributed by atoms with Gasteiger partial charge < -0.3 is 19.8 Å². The lowest BCUT2D eigenvalue weighted by Crippen LogP contribution is -2.42. The number of nitrogens with one attached hydrogen (secondary N) is 2. The Balaban J connectivity index is 1.71. The first kappa shape index (κ1) is 16.8. The van der Waals surface area contributed by atoms with E-state index in [1.165, 1.54) is 13.4 Å². The van der Waals surface area contributed by atoms with E-state index in [-0.39, 0.29) is 6.54 Å². The van der Waals surface area contributed by atoms with Crippen LogP contribution in [-0.2, 0) is 20.7 Å². The summed E-state index contributed by atoms with van der Waals surface area (Å²) in [5, 5.41) is 5.13. The lowest BCUT2D eigenvalue weighted by atomic mass is 10.1. The van der Waals surface area contributed by atoms with Crippen molar-refractivity contribution < 1.29 is 18.7 Å². The molecule has 23 heavy (non-hydrogen) atoms. The van der Waals surface area contributed by atoms with Crippen LogP contribution in [0.5, 0.6) is 0 Å². The van der Waals surface area contributed by atoms with Gasteiger partial charge in [0.05, 0.1) is 12.8 Å². The number of hydrogen-bond acceptors (Lipinski definition) is 4. The first-order valence-electron chi connectivity index (χ1n) is 7.37. The largest absolute Gasteiger partial charge is 0.467 e. The van der Waals surface area contributed by atoms with Crippen molar-refractivity contribution in [2.24, 2.45) is 0 Å². The molecular formula is C17H20N2O4. The summed E-state index contributed by atoms with van der Waals surface area (Å²) >= 11 is 0. The van der Waals surface area contributed by atoms with Gasteiger partial charge in [-0.25, -0.2) is 0 Å². The quantitative estimate of drug-likeness (QED) is 0.758. The maximum absolute atomic E-state index is 11.8. The van der Waals surface area contributed by atoms with E-state index in [0.717, 1.165) is 5.56 Å². The van der Waals surface area contributed by atoms with Crippen molar-refractivity contribution >= 4 is 11.8 Å². The van der Waals surface area contributed by atoms with Crippen molar-refractivity contribution in [3.05, 3.63) is 60.1 Å². The number of amides is 2. The van der Waals surface area contributed by atoms with Crippen molar-refractivity contribution in [2.75, 3.05) is 20.2 Å². The molecule has 2 aromatic rings. The molecule has 6 heteroatoms. The molecule has 1 atom stereocenters. The number of methoxy groups -OCH3 is 1. The van der Waals surface area contributed by atoms with Crippen molar-refractivity contribution in [1.29, 1.82) is 0 Å². The fourth-order valence-electron chi connectivity index (χ4n) is 2.09. The second-order valence-corrected chi connectivity index (χ2v) is 4.94. The highest BCUT2D eigenvalue weighted by molar-refractivity contribution is 6.35. The molecule has 0 aliphatic heterocycles. The summed E-state index contributed by atoms with van der Waals surface area (Å²) in [5.74, 6) is -0.751. The highest BCUT2D eigenvalue weighted by atomic mass is 16.5. The lowest BCUT2D eigenvalue weighted by molar-refractivity contribution is -0.139. The predicted molar refractivity (Wildman–Crippen MR) is 84.6 cm³/mol. The van der Waals surface area contributed by atoms with Crippen LogP contribution in [0, 0.1) is 0 Å². The van der Waals surface area contributed by atoms with Gasteiger partial charge in [0.1, 0.15) is 11.9 Å². The summed E-state index contributed by atoms with van der Waals surface area (Å²) in [5.41, 5.74) is 1.10. The van der Waals surface area contributed by atoms with Crippen molar-refractivity contribution in [1.82, 2.24) is 10.6 Å². The fourth-order valence-corrected chi connectivity index (χ4v) is 2.09. The summed E-state index contributed by atoms with van der Waals surface area (Å²) in [7, 11) is 1.51. The summed E-state index contributed by atoms with van der Waals surface area (Å²) in [6.07, 6.45) is 1.78. The van der Waals surface area contributed by atoms with Gasteiger partial charge in [-0.3, -0.25) is 9.59 Å². The third-order valence-electron chi connectivity index (χ3n) is 3.34. The van der Waals surface area contributed by atoms with Gasteiger partial charge in [0, 0.05) is 13.7 Å². The van der Waals surface area contributed by atoms with Crippen LogP contribution >= 0.6 is 0 Å². The molecule has 1 heterocycles. The van der Waals surface area contributed by atoms with Gasteiger partial charge in [0.25, 0.3) is 0 Å². The minimum absolute atomic E-state index is 0.162. The minimum atomic E-state index is -0.688. The Kier molecular flexibility index (Phi) is 6.38. The Morgan fingerprint density at radius 2 is 1.83 bits per heavy atom. The van der Waals surface area contributed by atoms with Gasteiger partial charge in [0.15, 0.2) is 0 Å². The fraction of sp³-hybridized carbons (Fsp3) is 0.294. The number of benzene rings is 1. The molecule has 0 aliphatic carbocycles. The van der Waals surface area contributed by atoms with E-state index in [9.17, 15) is 9.59 Å². The van der Waals surface area contributed by atoms with E-state index in [1.807, 2.05) is 30.3 Å². The second-order valence-electron chi connectivity index (χ2n) is 4.94. The minimum Gasteiger partial charge on any atom is -0.467 e. The predicted octanol–water partition coefficient (Wildman–Crippen LogP) is 1.44. The van der Waals surface area contributed by atoms with Crippen LogP contribution in [0.25, 0.3) is 0 Å². The molecule has 2 amide bonds. The summed E-state index contributed by atoms with van der Waals surface area (Å²) in [6.45, 7) is 0.567. The number of carbonyl (C=O) groups excluding carboxylic acids is 2. The van der Waals surface area contributed by atoms with Crippen LogP contribution < -0.4 is 10.6 Å². The molecule has 1 aromatic heterocycles. The molecular weight excluding hydrogens is 296 g/mol. The number of carbonyl (C=O) groups is 2. The first-order chi connectivity index (χ1) is 11.2. The van der Waals surface area contributed by atoms with E-state index in [0.29, 0.717) is 18.7 Å². The van der Waals surface area contributed by atoms with E-state index in [1.54, 1.807) is 12.1 Å². The van der Waals surface area contributed by atoms with Gasteiger partial charge in [0.2, 0.25) is 0 Å². The third-order valence-corrected chi connectivity index (χ3v) is 3.34. The van der Waals surface area contributed by atoms with E-state index in [4.69, 9.17) is 9.15 Å². The normalized spacial score (nSPS) is 11.7. The van der Waals surface area contributed by atoms with Gasteiger partial charge >= 0.3 is 11.8 Å². The molecule has 0 spiro atoms. The zero-order valence-electron chi connectivity index (χ0n) is 13.0. The van der Waals surface area contributed by atoms with Crippen molar-refractivity contribution in [3.63, 3.8) is 0 Å². The average molecular weight is 316 g/mol. The van der Waals surface area contributed by atoms with Crippen LogP contribution in [0.2, 0.25) is 0 Å². The topological polar surface area (TPSA) is 80.6 Å².